The molecule has 0 saturated carbocycles. The van der Waals surface area contributed by atoms with E-state index in [2.05, 4.69) is 26.0 Å². The average Bonchev–Trinajstić information content (AvgIpc) is 3.13. The molecule has 0 aliphatic carbocycles. The maximum atomic E-state index is 13.1. The van der Waals surface area contributed by atoms with Gasteiger partial charge in [-0.05, 0) is 66.6 Å². The molecule has 0 unspecified atom stereocenters. The van der Waals surface area contributed by atoms with Crippen molar-refractivity contribution in [3.63, 3.8) is 0 Å². The SMILES string of the molecule is CCCN1C(=O)/C(=C\c2ccc(OCc3cccc(C)c3)c(OC)c2)SC1=Nc1ccccc1. The molecular formula is C28H28N2O3S. The number of thioether (sulfide) groups is 1. The molecule has 34 heavy (non-hydrogen) atoms. The quantitative estimate of drug-likeness (QED) is 0.347. The highest BCUT2D eigenvalue weighted by Gasteiger charge is 2.32. The van der Waals surface area contributed by atoms with Crippen LogP contribution in [0.5, 0.6) is 11.5 Å². The highest BCUT2D eigenvalue weighted by molar-refractivity contribution is 8.18. The van der Waals surface area contributed by atoms with Gasteiger partial charge in [0.05, 0.1) is 17.7 Å². The van der Waals surface area contributed by atoms with E-state index >= 15 is 0 Å². The molecule has 0 bridgehead atoms. The van der Waals surface area contributed by atoms with E-state index in [1.165, 1.54) is 17.3 Å². The summed E-state index contributed by atoms with van der Waals surface area (Å²) in [4.78, 5) is 20.2. The topological polar surface area (TPSA) is 51.1 Å². The van der Waals surface area contributed by atoms with E-state index in [1.54, 1.807) is 12.0 Å². The summed E-state index contributed by atoms with van der Waals surface area (Å²) in [5.41, 5.74) is 3.99. The van der Waals surface area contributed by atoms with Gasteiger partial charge >= 0.3 is 0 Å². The van der Waals surface area contributed by atoms with Crippen LogP contribution < -0.4 is 9.47 Å². The van der Waals surface area contributed by atoms with Gasteiger partial charge in [-0.2, -0.15) is 0 Å². The van der Waals surface area contributed by atoms with Gasteiger partial charge in [0, 0.05) is 6.54 Å². The molecule has 3 aromatic carbocycles. The van der Waals surface area contributed by atoms with Crippen molar-refractivity contribution in [1.29, 1.82) is 0 Å². The van der Waals surface area contributed by atoms with Crippen molar-refractivity contribution in [2.24, 2.45) is 4.99 Å². The number of benzene rings is 3. The fraction of sp³-hybridized carbons (Fsp3) is 0.214. The Bertz CT molecular complexity index is 1220. The number of para-hydroxylation sites is 1. The maximum absolute atomic E-state index is 13.1. The molecule has 5 nitrogen and oxygen atoms in total. The molecule has 3 aromatic rings. The van der Waals surface area contributed by atoms with E-state index in [0.29, 0.717) is 34.7 Å². The van der Waals surface area contributed by atoms with Gasteiger partial charge in [-0.3, -0.25) is 9.69 Å². The molecule has 1 heterocycles. The minimum atomic E-state index is -0.0275. The van der Waals surface area contributed by atoms with Crippen LogP contribution in [0, 0.1) is 6.92 Å². The Labute approximate surface area is 205 Å². The monoisotopic (exact) mass is 472 g/mol. The first kappa shape index (κ1) is 23.6. The van der Waals surface area contributed by atoms with Crippen LogP contribution in [0.4, 0.5) is 5.69 Å². The third-order valence-electron chi connectivity index (χ3n) is 5.28. The van der Waals surface area contributed by atoms with Crippen molar-refractivity contribution in [2.75, 3.05) is 13.7 Å². The van der Waals surface area contributed by atoms with E-state index in [1.807, 2.05) is 66.7 Å². The molecular weight excluding hydrogens is 444 g/mol. The lowest BCUT2D eigenvalue weighted by Gasteiger charge is -2.14. The van der Waals surface area contributed by atoms with Gasteiger partial charge in [-0.25, -0.2) is 4.99 Å². The summed E-state index contributed by atoms with van der Waals surface area (Å²) in [5, 5.41) is 0.703. The van der Waals surface area contributed by atoms with Crippen molar-refractivity contribution in [3.8, 4) is 11.5 Å². The number of aliphatic imine (C=N–C) groups is 1. The van der Waals surface area contributed by atoms with Crippen molar-refractivity contribution >= 4 is 34.6 Å². The zero-order chi connectivity index (χ0) is 23.9. The summed E-state index contributed by atoms with van der Waals surface area (Å²) in [6.45, 7) is 5.20. The van der Waals surface area contributed by atoms with Crippen LogP contribution >= 0.6 is 11.8 Å². The Morgan fingerprint density at radius 3 is 2.56 bits per heavy atom. The summed E-state index contributed by atoms with van der Waals surface area (Å²) in [6.07, 6.45) is 2.74. The fourth-order valence-electron chi connectivity index (χ4n) is 3.63. The maximum Gasteiger partial charge on any atom is 0.266 e. The number of hydrogen-bond acceptors (Lipinski definition) is 5. The van der Waals surface area contributed by atoms with Crippen LogP contribution in [0.25, 0.3) is 6.08 Å². The Hall–Kier alpha value is -3.51. The van der Waals surface area contributed by atoms with E-state index in [0.717, 1.165) is 23.2 Å². The second-order valence-corrected chi connectivity index (χ2v) is 8.99. The highest BCUT2D eigenvalue weighted by Crippen LogP contribution is 2.36. The number of methoxy groups -OCH3 is 1. The molecule has 1 aliphatic heterocycles. The minimum Gasteiger partial charge on any atom is -0.493 e. The summed E-state index contributed by atoms with van der Waals surface area (Å²) in [6, 6.07) is 23.6. The second kappa shape index (κ2) is 11.1. The Balaban J connectivity index is 1.55. The lowest BCUT2D eigenvalue weighted by Crippen LogP contribution is -2.29. The van der Waals surface area contributed by atoms with Gasteiger partial charge in [0.15, 0.2) is 16.7 Å². The third kappa shape index (κ3) is 5.69. The van der Waals surface area contributed by atoms with E-state index in [4.69, 9.17) is 14.5 Å². The number of amidine groups is 1. The van der Waals surface area contributed by atoms with Crippen LogP contribution in [0.2, 0.25) is 0 Å². The minimum absolute atomic E-state index is 0.0275. The van der Waals surface area contributed by atoms with Crippen LogP contribution in [-0.2, 0) is 11.4 Å². The first-order chi connectivity index (χ1) is 16.6. The highest BCUT2D eigenvalue weighted by atomic mass is 32.2. The Morgan fingerprint density at radius 2 is 1.82 bits per heavy atom. The first-order valence-corrected chi connectivity index (χ1v) is 12.1. The number of carbonyl (C=O) groups is 1. The number of hydrogen-bond donors (Lipinski definition) is 0. The molecule has 0 aromatic heterocycles. The summed E-state index contributed by atoms with van der Waals surface area (Å²) >= 11 is 1.40. The molecule has 0 N–H and O–H groups in total. The van der Waals surface area contributed by atoms with Gasteiger partial charge in [-0.15, -0.1) is 0 Å². The average molecular weight is 473 g/mol. The fourth-order valence-corrected chi connectivity index (χ4v) is 4.66. The lowest BCUT2D eigenvalue weighted by molar-refractivity contribution is -0.122. The largest absolute Gasteiger partial charge is 0.493 e. The molecule has 1 amide bonds. The Morgan fingerprint density at radius 1 is 1.00 bits per heavy atom. The zero-order valence-corrected chi connectivity index (χ0v) is 20.5. The number of amides is 1. The van der Waals surface area contributed by atoms with Crippen molar-refractivity contribution in [1.82, 2.24) is 4.90 Å². The van der Waals surface area contributed by atoms with Crippen LogP contribution in [-0.4, -0.2) is 29.6 Å². The van der Waals surface area contributed by atoms with Crippen LogP contribution in [0.1, 0.15) is 30.0 Å². The van der Waals surface area contributed by atoms with Crippen LogP contribution in [0.15, 0.2) is 82.7 Å². The standard InChI is InChI=1S/C28H28N2O3S/c1-4-15-30-27(31)26(34-28(30)29-23-11-6-5-7-12-23)18-21-13-14-24(25(17-21)32-3)33-19-22-10-8-9-20(2)16-22/h5-14,16-18H,4,15,19H2,1-3H3/b26-18+,29-28?. The molecule has 174 valence electrons. The first-order valence-electron chi connectivity index (χ1n) is 11.3. The normalized spacial score (nSPS) is 15.9. The van der Waals surface area contributed by atoms with E-state index in [9.17, 15) is 4.79 Å². The number of carbonyl (C=O) groups excluding carboxylic acids is 1. The van der Waals surface area contributed by atoms with E-state index < -0.39 is 0 Å². The van der Waals surface area contributed by atoms with Gasteiger partial charge < -0.3 is 9.47 Å². The van der Waals surface area contributed by atoms with Gasteiger partial charge in [-0.1, -0.05) is 61.0 Å². The smallest absolute Gasteiger partial charge is 0.266 e. The third-order valence-corrected chi connectivity index (χ3v) is 6.29. The summed E-state index contributed by atoms with van der Waals surface area (Å²) < 4.78 is 11.6. The molecule has 6 heteroatoms. The van der Waals surface area contributed by atoms with Crippen molar-refractivity contribution < 1.29 is 14.3 Å². The molecule has 0 spiro atoms. The van der Waals surface area contributed by atoms with Crippen molar-refractivity contribution in [2.45, 2.75) is 26.9 Å². The second-order valence-electron chi connectivity index (χ2n) is 7.99. The molecule has 0 radical (unpaired) electrons. The molecule has 1 fully saturated rings. The number of aryl methyl sites for hydroxylation is 1. The predicted octanol–water partition coefficient (Wildman–Crippen LogP) is 6.60. The molecule has 4 rings (SSSR count). The molecule has 0 atom stereocenters. The lowest BCUT2D eigenvalue weighted by atomic mass is 10.1. The zero-order valence-electron chi connectivity index (χ0n) is 19.7. The van der Waals surface area contributed by atoms with Gasteiger partial charge in [0.2, 0.25) is 0 Å². The summed E-state index contributed by atoms with van der Waals surface area (Å²) in [5.74, 6) is 1.26. The van der Waals surface area contributed by atoms with Crippen molar-refractivity contribution in [3.05, 3.63) is 94.4 Å². The summed E-state index contributed by atoms with van der Waals surface area (Å²) in [7, 11) is 1.62. The van der Waals surface area contributed by atoms with E-state index in [-0.39, 0.29) is 5.91 Å². The number of ether oxygens (including phenoxy) is 2. The number of rotatable bonds is 8. The van der Waals surface area contributed by atoms with Gasteiger partial charge in [0.1, 0.15) is 6.61 Å². The molecule has 1 aliphatic rings. The number of nitrogens with zero attached hydrogens (tertiary/aromatic N) is 2. The molecule has 1 saturated heterocycles. The van der Waals surface area contributed by atoms with Crippen LogP contribution in [0.3, 0.4) is 0 Å². The Kier molecular flexibility index (Phi) is 7.70. The van der Waals surface area contributed by atoms with Gasteiger partial charge in [0.25, 0.3) is 5.91 Å². The predicted molar refractivity (Wildman–Crippen MR) is 140 cm³/mol.